The van der Waals surface area contributed by atoms with Crippen LogP contribution in [0.15, 0.2) is 18.2 Å². The first-order chi connectivity index (χ1) is 10.4. The van der Waals surface area contributed by atoms with Crippen molar-refractivity contribution in [1.29, 1.82) is 0 Å². The van der Waals surface area contributed by atoms with E-state index in [1.165, 1.54) is 0 Å². The molecule has 0 aromatic heterocycles. The van der Waals surface area contributed by atoms with E-state index in [9.17, 15) is 9.59 Å². The summed E-state index contributed by atoms with van der Waals surface area (Å²) in [5.41, 5.74) is 5.62. The number of hydrogen-bond acceptors (Lipinski definition) is 4. The minimum absolute atomic E-state index is 0.0362. The number of hydrogen-bond donors (Lipinski definition) is 3. The molecule has 0 atom stereocenters. The van der Waals surface area contributed by atoms with Gasteiger partial charge in [-0.2, -0.15) is 0 Å². The fraction of sp³-hybridized carbons (Fsp3) is 0.357. The molecule has 0 bridgehead atoms. The third kappa shape index (κ3) is 6.73. The summed E-state index contributed by atoms with van der Waals surface area (Å²) in [6.07, 6.45) is 1.09. The van der Waals surface area contributed by atoms with Crippen LogP contribution < -0.4 is 20.9 Å². The van der Waals surface area contributed by atoms with Crippen molar-refractivity contribution in [2.45, 2.75) is 26.7 Å². The Hall–Kier alpha value is -1.86. The Morgan fingerprint density at radius 3 is 2.64 bits per heavy atom. The van der Waals surface area contributed by atoms with E-state index in [4.69, 9.17) is 28.6 Å². The molecule has 6 nitrogen and oxygen atoms in total. The smallest absolute Gasteiger partial charge is 0.276 e. The quantitative estimate of drug-likeness (QED) is 0.561. The first-order valence-corrected chi connectivity index (χ1v) is 7.48. The van der Waals surface area contributed by atoms with Crippen LogP contribution in [-0.4, -0.2) is 23.5 Å². The van der Waals surface area contributed by atoms with E-state index in [0.29, 0.717) is 17.2 Å². The number of nitrogens with one attached hydrogen (secondary N) is 3. The molecule has 0 fully saturated rings. The third-order valence-corrected chi connectivity index (χ3v) is 3.17. The SMILES string of the molecule is CCCC(=O)NC(=S)NNC(=O)COc1ccc(Cl)c(C)c1. The Kier molecular flexibility index (Phi) is 7.62. The number of carbonyl (C=O) groups is 2. The molecule has 8 heteroatoms. The maximum absolute atomic E-state index is 11.6. The van der Waals surface area contributed by atoms with E-state index in [-0.39, 0.29) is 17.6 Å². The highest BCUT2D eigenvalue weighted by Crippen LogP contribution is 2.20. The van der Waals surface area contributed by atoms with Gasteiger partial charge in [0, 0.05) is 11.4 Å². The molecule has 0 saturated carbocycles. The van der Waals surface area contributed by atoms with Gasteiger partial charge in [0.25, 0.3) is 5.91 Å². The van der Waals surface area contributed by atoms with Crippen LogP contribution in [0, 0.1) is 6.92 Å². The van der Waals surface area contributed by atoms with Crippen LogP contribution in [0.1, 0.15) is 25.3 Å². The first-order valence-electron chi connectivity index (χ1n) is 6.70. The molecular weight excluding hydrogens is 326 g/mol. The van der Waals surface area contributed by atoms with E-state index >= 15 is 0 Å². The normalized spacial score (nSPS) is 9.77. The highest BCUT2D eigenvalue weighted by molar-refractivity contribution is 7.80. The van der Waals surface area contributed by atoms with Crippen LogP contribution >= 0.6 is 23.8 Å². The topological polar surface area (TPSA) is 79.5 Å². The van der Waals surface area contributed by atoms with Crippen molar-refractivity contribution in [1.82, 2.24) is 16.2 Å². The van der Waals surface area contributed by atoms with Crippen LogP contribution in [0.4, 0.5) is 0 Å². The number of aryl methyl sites for hydroxylation is 1. The Morgan fingerprint density at radius 2 is 2.00 bits per heavy atom. The predicted octanol–water partition coefficient (Wildman–Crippen LogP) is 1.85. The zero-order valence-corrected chi connectivity index (χ0v) is 13.9. The second-order valence-corrected chi connectivity index (χ2v) is 5.32. The Morgan fingerprint density at radius 1 is 1.27 bits per heavy atom. The molecule has 0 saturated heterocycles. The number of benzene rings is 1. The standard InChI is InChI=1S/C14H18ClN3O3S/c1-3-4-12(19)16-14(22)18-17-13(20)8-21-10-5-6-11(15)9(2)7-10/h5-7H,3-4,8H2,1-2H3,(H,17,20)(H2,16,18,19,22). The average Bonchev–Trinajstić information content (AvgIpc) is 2.46. The lowest BCUT2D eigenvalue weighted by Crippen LogP contribution is -2.49. The van der Waals surface area contributed by atoms with Gasteiger partial charge in [-0.25, -0.2) is 0 Å². The molecule has 120 valence electrons. The minimum atomic E-state index is -0.431. The summed E-state index contributed by atoms with van der Waals surface area (Å²) in [4.78, 5) is 22.9. The highest BCUT2D eigenvalue weighted by atomic mass is 35.5. The zero-order chi connectivity index (χ0) is 16.5. The molecule has 3 N–H and O–H groups in total. The largest absolute Gasteiger partial charge is 0.484 e. The van der Waals surface area contributed by atoms with Gasteiger partial charge in [0.2, 0.25) is 5.91 Å². The molecule has 1 aromatic rings. The summed E-state index contributed by atoms with van der Waals surface area (Å²) in [7, 11) is 0. The number of rotatable bonds is 5. The van der Waals surface area contributed by atoms with E-state index in [1.54, 1.807) is 18.2 Å². The molecule has 22 heavy (non-hydrogen) atoms. The van der Waals surface area contributed by atoms with Crippen LogP contribution in [0.5, 0.6) is 5.75 Å². The Labute approximate surface area is 139 Å². The molecule has 0 radical (unpaired) electrons. The molecule has 2 amide bonds. The van der Waals surface area contributed by atoms with Gasteiger partial charge in [-0.15, -0.1) is 0 Å². The predicted molar refractivity (Wildman–Crippen MR) is 88.6 cm³/mol. The molecule has 0 unspecified atom stereocenters. The van der Waals surface area contributed by atoms with Crippen molar-refractivity contribution in [3.8, 4) is 5.75 Å². The number of ether oxygens (including phenoxy) is 1. The maximum atomic E-state index is 11.6. The van der Waals surface area contributed by atoms with Gasteiger partial charge in [-0.1, -0.05) is 18.5 Å². The van der Waals surface area contributed by atoms with Gasteiger partial charge in [0.15, 0.2) is 11.7 Å². The van der Waals surface area contributed by atoms with Crippen molar-refractivity contribution in [2.24, 2.45) is 0 Å². The number of amides is 2. The van der Waals surface area contributed by atoms with Crippen LogP contribution in [-0.2, 0) is 9.59 Å². The summed E-state index contributed by atoms with van der Waals surface area (Å²) in [5.74, 6) is -0.0993. The van der Waals surface area contributed by atoms with Crippen molar-refractivity contribution in [3.05, 3.63) is 28.8 Å². The molecule has 0 aliphatic carbocycles. The van der Waals surface area contributed by atoms with E-state index < -0.39 is 5.91 Å². The van der Waals surface area contributed by atoms with Gasteiger partial charge in [0.05, 0.1) is 0 Å². The second-order valence-electron chi connectivity index (χ2n) is 4.50. The molecule has 0 heterocycles. The number of carbonyl (C=O) groups excluding carboxylic acids is 2. The summed E-state index contributed by atoms with van der Waals surface area (Å²) in [6, 6.07) is 5.10. The fourth-order valence-corrected chi connectivity index (χ4v) is 1.75. The molecular formula is C14H18ClN3O3S. The van der Waals surface area contributed by atoms with Gasteiger partial charge >= 0.3 is 0 Å². The molecule has 0 aliphatic rings. The van der Waals surface area contributed by atoms with Crippen molar-refractivity contribution in [2.75, 3.05) is 6.61 Å². The molecule has 0 spiro atoms. The van der Waals surface area contributed by atoms with Crippen LogP contribution in [0.3, 0.4) is 0 Å². The summed E-state index contributed by atoms with van der Waals surface area (Å²) in [6.45, 7) is 3.53. The maximum Gasteiger partial charge on any atom is 0.276 e. The minimum Gasteiger partial charge on any atom is -0.484 e. The Bertz CT molecular complexity index is 566. The van der Waals surface area contributed by atoms with Gasteiger partial charge in [-0.05, 0) is 49.3 Å². The number of halogens is 1. The summed E-state index contributed by atoms with van der Waals surface area (Å²) >= 11 is 10.8. The monoisotopic (exact) mass is 343 g/mol. The average molecular weight is 344 g/mol. The molecule has 1 aromatic carbocycles. The van der Waals surface area contributed by atoms with Gasteiger partial charge in [-0.3, -0.25) is 20.4 Å². The first kappa shape index (κ1) is 18.2. The summed E-state index contributed by atoms with van der Waals surface area (Å²) in [5, 5.41) is 3.10. The number of thiocarbonyl (C=S) groups is 1. The summed E-state index contributed by atoms with van der Waals surface area (Å²) < 4.78 is 5.31. The second kappa shape index (κ2) is 9.22. The Balaban J connectivity index is 2.30. The number of hydrazine groups is 1. The van der Waals surface area contributed by atoms with Gasteiger partial charge in [0.1, 0.15) is 5.75 Å². The van der Waals surface area contributed by atoms with Crippen LogP contribution in [0.25, 0.3) is 0 Å². The lowest BCUT2D eigenvalue weighted by molar-refractivity contribution is -0.124. The van der Waals surface area contributed by atoms with E-state index in [0.717, 1.165) is 12.0 Å². The van der Waals surface area contributed by atoms with Crippen molar-refractivity contribution in [3.63, 3.8) is 0 Å². The fourth-order valence-electron chi connectivity index (χ4n) is 1.47. The van der Waals surface area contributed by atoms with Gasteiger partial charge < -0.3 is 10.1 Å². The van der Waals surface area contributed by atoms with E-state index in [1.807, 2.05) is 13.8 Å². The van der Waals surface area contributed by atoms with E-state index in [2.05, 4.69) is 16.2 Å². The van der Waals surface area contributed by atoms with Crippen LogP contribution in [0.2, 0.25) is 5.02 Å². The third-order valence-electron chi connectivity index (χ3n) is 2.54. The zero-order valence-electron chi connectivity index (χ0n) is 12.4. The molecule has 0 aliphatic heterocycles. The highest BCUT2D eigenvalue weighted by Gasteiger charge is 2.06. The lowest BCUT2D eigenvalue weighted by Gasteiger charge is -2.11. The van der Waals surface area contributed by atoms with Crippen molar-refractivity contribution >= 4 is 40.7 Å². The van der Waals surface area contributed by atoms with Crippen molar-refractivity contribution < 1.29 is 14.3 Å². The lowest BCUT2D eigenvalue weighted by atomic mass is 10.2. The molecule has 1 rings (SSSR count).